The summed E-state index contributed by atoms with van der Waals surface area (Å²) in [5.74, 6) is -0.350. The van der Waals surface area contributed by atoms with Gasteiger partial charge in [-0.2, -0.15) is 5.26 Å². The number of benzene rings is 2. The highest BCUT2D eigenvalue weighted by atomic mass is 35.5. The van der Waals surface area contributed by atoms with E-state index in [0.717, 1.165) is 11.1 Å². The van der Waals surface area contributed by atoms with Crippen LogP contribution in [-0.2, 0) is 0 Å². The SMILES string of the molecule is COc1nc(-c2c(F)cccc2Cl)cc(-c2ccc(C)cc2)c1C#N. The topological polar surface area (TPSA) is 45.9 Å². The van der Waals surface area contributed by atoms with Gasteiger partial charge >= 0.3 is 0 Å². The first-order valence-corrected chi connectivity index (χ1v) is 7.93. The summed E-state index contributed by atoms with van der Waals surface area (Å²) in [6.07, 6.45) is 0. The van der Waals surface area contributed by atoms with Gasteiger partial charge in [0.1, 0.15) is 17.4 Å². The van der Waals surface area contributed by atoms with E-state index in [2.05, 4.69) is 11.1 Å². The van der Waals surface area contributed by atoms with E-state index in [9.17, 15) is 9.65 Å². The number of aryl methyl sites for hydroxylation is 1. The average molecular weight is 353 g/mol. The second-order valence-corrected chi connectivity index (χ2v) is 5.92. The van der Waals surface area contributed by atoms with Gasteiger partial charge in [0.25, 0.3) is 0 Å². The molecule has 0 amide bonds. The Morgan fingerprint density at radius 2 is 1.88 bits per heavy atom. The summed E-state index contributed by atoms with van der Waals surface area (Å²) in [5, 5.41) is 9.79. The average Bonchev–Trinajstić information content (AvgIpc) is 2.61. The van der Waals surface area contributed by atoms with Crippen LogP contribution in [0.3, 0.4) is 0 Å². The Morgan fingerprint density at radius 1 is 1.16 bits per heavy atom. The Hall–Kier alpha value is -2.90. The quantitative estimate of drug-likeness (QED) is 0.634. The standard InChI is InChI=1S/C20H14ClFN2O/c1-12-6-8-13(9-7-12)14-10-18(24-20(25-2)15(14)11-23)19-16(21)4-3-5-17(19)22/h3-10H,1-2H3. The summed E-state index contributed by atoms with van der Waals surface area (Å²) in [6, 6.07) is 15.9. The van der Waals surface area contributed by atoms with E-state index in [1.165, 1.54) is 19.2 Å². The highest BCUT2D eigenvalue weighted by molar-refractivity contribution is 6.33. The molecule has 1 aromatic heterocycles. The number of ether oxygens (including phenoxy) is 1. The highest BCUT2D eigenvalue weighted by Crippen LogP contribution is 2.36. The molecule has 0 aliphatic heterocycles. The molecule has 1 heterocycles. The molecule has 0 bridgehead atoms. The van der Waals surface area contributed by atoms with Crippen molar-refractivity contribution in [3.63, 3.8) is 0 Å². The third-order valence-corrected chi connectivity index (χ3v) is 4.19. The van der Waals surface area contributed by atoms with Crippen LogP contribution in [0.2, 0.25) is 5.02 Å². The molecule has 0 saturated carbocycles. The van der Waals surface area contributed by atoms with Crippen LogP contribution < -0.4 is 4.74 Å². The Morgan fingerprint density at radius 3 is 2.48 bits per heavy atom. The molecule has 0 saturated heterocycles. The Kier molecular flexibility index (Phi) is 4.69. The molecule has 0 spiro atoms. The lowest BCUT2D eigenvalue weighted by Gasteiger charge is -2.13. The van der Waals surface area contributed by atoms with Gasteiger partial charge in [0.15, 0.2) is 0 Å². The minimum absolute atomic E-state index is 0.134. The highest BCUT2D eigenvalue weighted by Gasteiger charge is 2.19. The second kappa shape index (κ2) is 6.92. The van der Waals surface area contributed by atoms with Crippen molar-refractivity contribution < 1.29 is 9.13 Å². The van der Waals surface area contributed by atoms with Crippen molar-refractivity contribution in [3.05, 3.63) is 70.5 Å². The van der Waals surface area contributed by atoms with E-state index in [4.69, 9.17) is 16.3 Å². The molecule has 0 atom stereocenters. The molecule has 0 aliphatic carbocycles. The zero-order valence-corrected chi connectivity index (χ0v) is 14.4. The number of nitriles is 1. The van der Waals surface area contributed by atoms with Gasteiger partial charge in [-0.1, -0.05) is 47.5 Å². The Bertz CT molecular complexity index is 958. The number of nitrogens with zero attached hydrogens (tertiary/aromatic N) is 2. The smallest absolute Gasteiger partial charge is 0.232 e. The maximum absolute atomic E-state index is 14.3. The molecule has 124 valence electrons. The number of hydrogen-bond donors (Lipinski definition) is 0. The van der Waals surface area contributed by atoms with Gasteiger partial charge in [-0.15, -0.1) is 0 Å². The predicted octanol–water partition coefficient (Wildman–Crippen LogP) is 5.40. The summed E-state index contributed by atoms with van der Waals surface area (Å²) in [6.45, 7) is 1.98. The summed E-state index contributed by atoms with van der Waals surface area (Å²) < 4.78 is 19.6. The molecule has 2 aromatic carbocycles. The van der Waals surface area contributed by atoms with Crippen LogP contribution in [0.1, 0.15) is 11.1 Å². The fourth-order valence-electron chi connectivity index (χ4n) is 2.61. The van der Waals surface area contributed by atoms with Gasteiger partial charge in [-0.25, -0.2) is 9.37 Å². The van der Waals surface area contributed by atoms with Crippen molar-refractivity contribution in [2.24, 2.45) is 0 Å². The minimum Gasteiger partial charge on any atom is -0.480 e. The monoisotopic (exact) mass is 352 g/mol. The first-order chi connectivity index (χ1) is 12.0. The number of halogens is 2. The van der Waals surface area contributed by atoms with Crippen LogP contribution in [0.25, 0.3) is 22.4 Å². The molecule has 3 aromatic rings. The van der Waals surface area contributed by atoms with E-state index in [1.807, 2.05) is 31.2 Å². The third kappa shape index (κ3) is 3.19. The molecular weight excluding hydrogens is 339 g/mol. The largest absolute Gasteiger partial charge is 0.480 e. The minimum atomic E-state index is -0.485. The van der Waals surface area contributed by atoms with Crippen LogP contribution in [0.5, 0.6) is 5.88 Å². The van der Waals surface area contributed by atoms with Crippen LogP contribution in [0.4, 0.5) is 4.39 Å². The molecule has 0 radical (unpaired) electrons. The molecule has 5 heteroatoms. The zero-order valence-electron chi connectivity index (χ0n) is 13.7. The number of rotatable bonds is 3. The normalized spacial score (nSPS) is 10.4. The summed E-state index contributed by atoms with van der Waals surface area (Å²) in [5.41, 5.74) is 3.32. The first kappa shape index (κ1) is 16.9. The lowest BCUT2D eigenvalue weighted by atomic mass is 9.98. The number of hydrogen-bond acceptors (Lipinski definition) is 3. The molecule has 0 aliphatic rings. The van der Waals surface area contributed by atoms with Crippen molar-refractivity contribution in [1.29, 1.82) is 5.26 Å². The van der Waals surface area contributed by atoms with Crippen LogP contribution in [0, 0.1) is 24.1 Å². The summed E-state index contributed by atoms with van der Waals surface area (Å²) >= 11 is 6.17. The van der Waals surface area contributed by atoms with E-state index in [-0.39, 0.29) is 16.5 Å². The Labute approximate surface area is 150 Å². The van der Waals surface area contributed by atoms with Crippen LogP contribution in [-0.4, -0.2) is 12.1 Å². The lowest BCUT2D eigenvalue weighted by molar-refractivity contribution is 0.397. The molecule has 3 rings (SSSR count). The van der Waals surface area contributed by atoms with E-state index in [1.54, 1.807) is 12.1 Å². The maximum atomic E-state index is 14.3. The van der Waals surface area contributed by atoms with Crippen molar-refractivity contribution in [2.75, 3.05) is 7.11 Å². The fraction of sp³-hybridized carbons (Fsp3) is 0.100. The fourth-order valence-corrected chi connectivity index (χ4v) is 2.87. The van der Waals surface area contributed by atoms with Crippen LogP contribution in [0.15, 0.2) is 48.5 Å². The number of methoxy groups -OCH3 is 1. The van der Waals surface area contributed by atoms with Gasteiger partial charge in [0.2, 0.25) is 5.88 Å². The second-order valence-electron chi connectivity index (χ2n) is 5.51. The predicted molar refractivity (Wildman–Crippen MR) is 96.1 cm³/mol. The van der Waals surface area contributed by atoms with Gasteiger partial charge in [-0.05, 0) is 30.7 Å². The third-order valence-electron chi connectivity index (χ3n) is 3.87. The summed E-state index contributed by atoms with van der Waals surface area (Å²) in [7, 11) is 1.43. The molecule has 0 N–H and O–H groups in total. The molecular formula is C20H14ClFN2O. The van der Waals surface area contributed by atoms with Crippen molar-refractivity contribution >= 4 is 11.6 Å². The first-order valence-electron chi connectivity index (χ1n) is 7.55. The molecule has 0 fully saturated rings. The summed E-state index contributed by atoms with van der Waals surface area (Å²) in [4.78, 5) is 4.29. The van der Waals surface area contributed by atoms with Crippen LogP contribution >= 0.6 is 11.6 Å². The van der Waals surface area contributed by atoms with E-state index >= 15 is 0 Å². The lowest BCUT2D eigenvalue weighted by Crippen LogP contribution is -1.99. The van der Waals surface area contributed by atoms with E-state index in [0.29, 0.717) is 16.8 Å². The maximum Gasteiger partial charge on any atom is 0.232 e. The molecule has 0 unspecified atom stereocenters. The number of pyridine rings is 1. The van der Waals surface area contributed by atoms with Gasteiger partial charge in [0, 0.05) is 5.56 Å². The zero-order chi connectivity index (χ0) is 18.0. The van der Waals surface area contributed by atoms with E-state index < -0.39 is 5.82 Å². The molecule has 3 nitrogen and oxygen atoms in total. The van der Waals surface area contributed by atoms with Crippen molar-refractivity contribution in [1.82, 2.24) is 4.98 Å². The van der Waals surface area contributed by atoms with Crippen molar-refractivity contribution in [3.8, 4) is 34.3 Å². The number of aromatic nitrogens is 1. The van der Waals surface area contributed by atoms with Gasteiger partial charge in [-0.3, -0.25) is 0 Å². The van der Waals surface area contributed by atoms with Gasteiger partial charge < -0.3 is 4.74 Å². The molecule has 25 heavy (non-hydrogen) atoms. The van der Waals surface area contributed by atoms with Crippen molar-refractivity contribution in [2.45, 2.75) is 6.92 Å². The Balaban J connectivity index is 2.31. The van der Waals surface area contributed by atoms with Gasteiger partial charge in [0.05, 0.1) is 23.4 Å².